The molecule has 3 N–H and O–H groups in total. The molecule has 0 bridgehead atoms. The van der Waals surface area contributed by atoms with E-state index in [-0.39, 0.29) is 0 Å². The van der Waals surface area contributed by atoms with Gasteiger partial charge in [-0.15, -0.1) is 0 Å². The summed E-state index contributed by atoms with van der Waals surface area (Å²) >= 11 is 0. The molecule has 0 aliphatic carbocycles. The lowest BCUT2D eigenvalue weighted by molar-refractivity contribution is 0.298. The van der Waals surface area contributed by atoms with Crippen LogP contribution in [0, 0.1) is 5.92 Å². The van der Waals surface area contributed by atoms with Crippen molar-refractivity contribution in [3.63, 3.8) is 0 Å². The second kappa shape index (κ2) is 9.46. The molecule has 0 saturated heterocycles. The summed E-state index contributed by atoms with van der Waals surface area (Å²) in [6.07, 6.45) is 2.89. The van der Waals surface area contributed by atoms with Crippen molar-refractivity contribution < 1.29 is 4.74 Å². The van der Waals surface area contributed by atoms with Gasteiger partial charge >= 0.3 is 0 Å². The summed E-state index contributed by atoms with van der Waals surface area (Å²) in [6.45, 7) is 8.76. The second-order valence-electron chi connectivity index (χ2n) is 6.24. The maximum absolute atomic E-state index is 6.16. The Hall–Kier alpha value is -1.56. The van der Waals surface area contributed by atoms with E-state index < -0.39 is 0 Å². The smallest absolute Gasteiger partial charge is 0.242 e. The van der Waals surface area contributed by atoms with E-state index >= 15 is 0 Å². The third-order valence-corrected chi connectivity index (χ3v) is 3.14. The van der Waals surface area contributed by atoms with Crippen LogP contribution in [0.25, 0.3) is 0 Å². The third-order valence-electron chi connectivity index (χ3n) is 3.14. The minimum atomic E-state index is 0.488. The molecule has 0 saturated carbocycles. The fourth-order valence-corrected chi connectivity index (χ4v) is 1.91. The lowest BCUT2D eigenvalue weighted by Crippen LogP contribution is -2.22. The first-order valence-electron chi connectivity index (χ1n) is 8.11. The van der Waals surface area contributed by atoms with Crippen molar-refractivity contribution in [1.29, 1.82) is 0 Å². The van der Waals surface area contributed by atoms with Crippen molar-refractivity contribution in [2.24, 2.45) is 5.92 Å². The van der Waals surface area contributed by atoms with E-state index in [0.717, 1.165) is 38.2 Å². The Bertz CT molecular complexity index is 448. The number of nitrogens with one attached hydrogen (secondary N) is 1. The average molecular weight is 309 g/mol. The Labute approximate surface area is 134 Å². The zero-order valence-electron chi connectivity index (χ0n) is 14.6. The highest BCUT2D eigenvalue weighted by atomic mass is 16.5. The molecule has 22 heavy (non-hydrogen) atoms. The van der Waals surface area contributed by atoms with Crippen molar-refractivity contribution in [3.05, 3.63) is 5.82 Å². The summed E-state index contributed by atoms with van der Waals surface area (Å²) in [7, 11) is 4.07. The van der Waals surface area contributed by atoms with Crippen LogP contribution in [0.4, 0.5) is 11.5 Å². The van der Waals surface area contributed by atoms with E-state index in [1.165, 1.54) is 0 Å². The zero-order valence-corrected chi connectivity index (χ0v) is 14.6. The van der Waals surface area contributed by atoms with E-state index in [1.807, 2.05) is 14.1 Å². The molecule has 126 valence electrons. The van der Waals surface area contributed by atoms with Crippen molar-refractivity contribution >= 4 is 11.5 Å². The maximum Gasteiger partial charge on any atom is 0.242 e. The number of nitrogen functional groups attached to an aromatic ring is 1. The molecule has 1 aromatic rings. The topological polar surface area (TPSA) is 76.3 Å². The first kappa shape index (κ1) is 18.5. The fraction of sp³-hybridized carbons (Fsp3) is 0.750. The molecule has 1 aromatic heterocycles. The van der Waals surface area contributed by atoms with Crippen molar-refractivity contribution in [3.8, 4) is 5.88 Å². The monoisotopic (exact) mass is 309 g/mol. The SMILES string of the molecule is CCCCOc1nc(CC(C)C)nc(NCCN(C)C)c1N. The van der Waals surface area contributed by atoms with E-state index in [2.05, 4.69) is 41.0 Å². The molecule has 0 spiro atoms. The normalized spacial score (nSPS) is 11.2. The number of hydrogen-bond acceptors (Lipinski definition) is 6. The number of ether oxygens (including phenoxy) is 1. The van der Waals surface area contributed by atoms with Crippen molar-refractivity contribution in [2.45, 2.75) is 40.0 Å². The van der Waals surface area contributed by atoms with Crippen LogP contribution in [0.3, 0.4) is 0 Å². The number of nitrogens with two attached hydrogens (primary N) is 1. The Kier molecular flexibility index (Phi) is 7.95. The summed E-state index contributed by atoms with van der Waals surface area (Å²) in [6, 6.07) is 0. The molecular weight excluding hydrogens is 278 g/mol. The summed E-state index contributed by atoms with van der Waals surface area (Å²) < 4.78 is 5.74. The Morgan fingerprint density at radius 1 is 1.27 bits per heavy atom. The van der Waals surface area contributed by atoms with Gasteiger partial charge in [-0.25, -0.2) is 4.98 Å². The predicted molar refractivity (Wildman–Crippen MR) is 92.4 cm³/mol. The molecule has 1 rings (SSSR count). The molecule has 0 aliphatic heterocycles. The predicted octanol–water partition coefficient (Wildman–Crippen LogP) is 2.41. The largest absolute Gasteiger partial charge is 0.476 e. The van der Waals surface area contributed by atoms with Gasteiger partial charge in [-0.05, 0) is 26.4 Å². The van der Waals surface area contributed by atoms with Gasteiger partial charge in [-0.1, -0.05) is 27.2 Å². The van der Waals surface area contributed by atoms with Crippen LogP contribution in [-0.4, -0.2) is 48.7 Å². The van der Waals surface area contributed by atoms with Crippen LogP contribution in [0.15, 0.2) is 0 Å². The Morgan fingerprint density at radius 2 is 2.00 bits per heavy atom. The number of aromatic nitrogens is 2. The third kappa shape index (κ3) is 6.47. The van der Waals surface area contributed by atoms with Gasteiger partial charge in [-0.3, -0.25) is 0 Å². The quantitative estimate of drug-likeness (QED) is 0.646. The summed E-state index contributed by atoms with van der Waals surface area (Å²) in [4.78, 5) is 11.1. The van der Waals surface area contributed by atoms with Crippen LogP contribution >= 0.6 is 0 Å². The van der Waals surface area contributed by atoms with E-state index in [9.17, 15) is 0 Å². The summed E-state index contributed by atoms with van der Waals surface area (Å²) in [5, 5.41) is 3.29. The summed E-state index contributed by atoms with van der Waals surface area (Å²) in [5.41, 5.74) is 6.66. The molecule has 0 radical (unpaired) electrons. The van der Waals surface area contributed by atoms with Gasteiger partial charge in [0.2, 0.25) is 5.88 Å². The maximum atomic E-state index is 6.16. The molecule has 6 nitrogen and oxygen atoms in total. The van der Waals surface area contributed by atoms with E-state index in [4.69, 9.17) is 10.5 Å². The highest BCUT2D eigenvalue weighted by Crippen LogP contribution is 2.27. The number of likely N-dealkylation sites (N-methyl/N-ethyl adjacent to an activating group) is 1. The van der Waals surface area contributed by atoms with Crippen molar-refractivity contribution in [2.75, 3.05) is 44.8 Å². The second-order valence-corrected chi connectivity index (χ2v) is 6.24. The Morgan fingerprint density at radius 3 is 2.59 bits per heavy atom. The van der Waals surface area contributed by atoms with Gasteiger partial charge in [0.15, 0.2) is 5.82 Å². The van der Waals surface area contributed by atoms with Gasteiger partial charge in [0.25, 0.3) is 0 Å². The minimum absolute atomic E-state index is 0.488. The van der Waals surface area contributed by atoms with Crippen LogP contribution in [0.1, 0.15) is 39.4 Å². The lowest BCUT2D eigenvalue weighted by atomic mass is 10.1. The molecule has 0 aliphatic rings. The van der Waals surface area contributed by atoms with Crippen LogP contribution in [0.2, 0.25) is 0 Å². The lowest BCUT2D eigenvalue weighted by Gasteiger charge is -2.16. The molecule has 0 fully saturated rings. The van der Waals surface area contributed by atoms with Gasteiger partial charge in [0, 0.05) is 19.5 Å². The molecular formula is C16H31N5O. The van der Waals surface area contributed by atoms with Crippen LogP contribution in [0.5, 0.6) is 5.88 Å². The molecule has 0 aromatic carbocycles. The number of nitrogens with zero attached hydrogens (tertiary/aromatic N) is 3. The fourth-order valence-electron chi connectivity index (χ4n) is 1.91. The highest BCUT2D eigenvalue weighted by Gasteiger charge is 2.14. The standard InChI is InChI=1S/C16H31N5O/c1-6-7-10-22-16-14(17)15(18-8-9-21(4)5)19-13(20-16)11-12(2)3/h12H,6-11,17H2,1-5H3,(H,18,19,20). The Balaban J connectivity index is 2.88. The molecule has 0 unspecified atom stereocenters. The zero-order chi connectivity index (χ0) is 16.5. The molecule has 1 heterocycles. The minimum Gasteiger partial charge on any atom is -0.476 e. The molecule has 0 atom stereocenters. The number of hydrogen-bond donors (Lipinski definition) is 2. The van der Waals surface area contributed by atoms with Crippen LogP contribution < -0.4 is 15.8 Å². The number of rotatable bonds is 10. The average Bonchev–Trinajstić information content (AvgIpc) is 2.42. The van der Waals surface area contributed by atoms with Gasteiger partial charge < -0.3 is 20.7 Å². The van der Waals surface area contributed by atoms with E-state index in [1.54, 1.807) is 0 Å². The summed E-state index contributed by atoms with van der Waals surface area (Å²) in [5.74, 6) is 2.45. The van der Waals surface area contributed by atoms with Gasteiger partial charge in [0.1, 0.15) is 11.5 Å². The molecule has 0 amide bonds. The first-order chi connectivity index (χ1) is 10.4. The van der Waals surface area contributed by atoms with Gasteiger partial charge in [0.05, 0.1) is 6.61 Å². The van der Waals surface area contributed by atoms with Crippen LogP contribution in [-0.2, 0) is 6.42 Å². The van der Waals surface area contributed by atoms with Gasteiger partial charge in [-0.2, -0.15) is 4.98 Å². The first-order valence-corrected chi connectivity index (χ1v) is 8.11. The van der Waals surface area contributed by atoms with Crippen molar-refractivity contribution in [1.82, 2.24) is 14.9 Å². The molecule has 6 heteroatoms. The number of unbranched alkanes of at least 4 members (excludes halogenated alkanes) is 1. The van der Waals surface area contributed by atoms with E-state index in [0.29, 0.717) is 29.9 Å². The highest BCUT2D eigenvalue weighted by molar-refractivity contribution is 5.66. The number of anilines is 2.